The summed E-state index contributed by atoms with van der Waals surface area (Å²) in [4.78, 5) is 0.982. The predicted molar refractivity (Wildman–Crippen MR) is 74.3 cm³/mol. The highest BCUT2D eigenvalue weighted by Crippen LogP contribution is 2.25. The van der Waals surface area contributed by atoms with Gasteiger partial charge in [0.2, 0.25) is 0 Å². The molecule has 0 saturated heterocycles. The third-order valence-corrected chi connectivity index (χ3v) is 3.63. The summed E-state index contributed by atoms with van der Waals surface area (Å²) in [5.74, 6) is 0.425. The van der Waals surface area contributed by atoms with Gasteiger partial charge in [0.15, 0.2) is 0 Å². The lowest BCUT2D eigenvalue weighted by molar-refractivity contribution is 0.866. The molecule has 0 aliphatic carbocycles. The summed E-state index contributed by atoms with van der Waals surface area (Å²) >= 11 is 7.50. The van der Waals surface area contributed by atoms with E-state index < -0.39 is 0 Å². The molecule has 0 amide bonds. The number of hydrogen-bond acceptors (Lipinski definition) is 1. The maximum absolute atomic E-state index is 5.90. The van der Waals surface area contributed by atoms with Crippen LogP contribution in [-0.4, -0.2) is 5.38 Å². The molecule has 0 aliphatic heterocycles. The van der Waals surface area contributed by atoms with E-state index >= 15 is 0 Å². The second-order valence-corrected chi connectivity index (χ2v) is 5.12. The molecule has 84 valence electrons. The van der Waals surface area contributed by atoms with Crippen LogP contribution in [0.4, 0.5) is 0 Å². The lowest BCUT2D eigenvalue weighted by atomic mass is 10.0. The molecular formula is C13H19ClS. The van der Waals surface area contributed by atoms with Crippen molar-refractivity contribution in [2.75, 3.05) is 0 Å². The Morgan fingerprint density at radius 1 is 1.40 bits per heavy atom. The maximum Gasteiger partial charge on any atom is 0.0613 e. The molecule has 0 aliphatic rings. The molecule has 0 N–H and O–H groups in total. The van der Waals surface area contributed by atoms with E-state index in [9.17, 15) is 0 Å². The summed E-state index contributed by atoms with van der Waals surface area (Å²) in [7, 11) is 0. The van der Waals surface area contributed by atoms with Gasteiger partial charge in [-0.2, -0.15) is 0 Å². The quantitative estimate of drug-likeness (QED) is 0.459. The van der Waals surface area contributed by atoms with Crippen LogP contribution in [-0.2, 0) is 0 Å². The highest BCUT2D eigenvalue weighted by molar-refractivity contribution is 8.05. The summed E-state index contributed by atoms with van der Waals surface area (Å²) in [6, 6.07) is 0. The van der Waals surface area contributed by atoms with Crippen LogP contribution in [0.15, 0.2) is 47.3 Å². The largest absolute Gasteiger partial charge is 0.118 e. The molecule has 2 atom stereocenters. The van der Waals surface area contributed by atoms with Crippen LogP contribution in [0.3, 0.4) is 0 Å². The SMILES string of the molecule is C=C/C=C\C(C)/C(C)=C\SC(=C)C(C)Cl. The Bertz CT molecular complexity index is 274. The Labute approximate surface area is 103 Å². The number of thioether (sulfide) groups is 1. The third kappa shape index (κ3) is 6.64. The van der Waals surface area contributed by atoms with E-state index in [1.165, 1.54) is 5.57 Å². The highest BCUT2D eigenvalue weighted by Gasteiger charge is 2.03. The predicted octanol–water partition coefficient (Wildman–Crippen LogP) is 5.14. The molecule has 0 bridgehead atoms. The van der Waals surface area contributed by atoms with Gasteiger partial charge >= 0.3 is 0 Å². The van der Waals surface area contributed by atoms with Gasteiger partial charge < -0.3 is 0 Å². The fourth-order valence-corrected chi connectivity index (χ4v) is 1.66. The summed E-state index contributed by atoms with van der Waals surface area (Å²) in [6.45, 7) is 13.7. The van der Waals surface area contributed by atoms with Gasteiger partial charge in [0.25, 0.3) is 0 Å². The fraction of sp³-hybridized carbons (Fsp3) is 0.385. The van der Waals surface area contributed by atoms with Gasteiger partial charge in [-0.3, -0.25) is 0 Å². The molecule has 15 heavy (non-hydrogen) atoms. The van der Waals surface area contributed by atoms with Gasteiger partial charge in [-0.05, 0) is 30.1 Å². The van der Waals surface area contributed by atoms with Crippen LogP contribution in [0, 0.1) is 5.92 Å². The van der Waals surface area contributed by atoms with Crippen molar-refractivity contribution in [3.05, 3.63) is 47.3 Å². The molecule has 0 aromatic heterocycles. The van der Waals surface area contributed by atoms with E-state index in [0.717, 1.165) is 4.91 Å². The van der Waals surface area contributed by atoms with Crippen molar-refractivity contribution in [3.63, 3.8) is 0 Å². The summed E-state index contributed by atoms with van der Waals surface area (Å²) in [5, 5.41) is 2.12. The molecule has 0 heterocycles. The van der Waals surface area contributed by atoms with Crippen molar-refractivity contribution in [2.45, 2.75) is 26.1 Å². The third-order valence-electron chi connectivity index (χ3n) is 2.09. The Kier molecular flexibility index (Phi) is 7.63. The standard InChI is InChI=1S/C13H19ClS/c1-6-7-8-10(2)11(3)9-15-13(5)12(4)14/h6-10,12H,1,5H2,2-4H3/b8-7-,11-9-. The molecule has 0 saturated carbocycles. The number of rotatable bonds is 6. The molecule has 0 spiro atoms. The molecule has 2 unspecified atom stereocenters. The topological polar surface area (TPSA) is 0 Å². The van der Waals surface area contributed by atoms with E-state index in [4.69, 9.17) is 11.6 Å². The van der Waals surface area contributed by atoms with Crippen molar-refractivity contribution >= 4 is 23.4 Å². The Balaban J connectivity index is 4.25. The summed E-state index contributed by atoms with van der Waals surface area (Å²) in [5.41, 5.74) is 1.30. The zero-order valence-electron chi connectivity index (χ0n) is 9.66. The molecule has 0 rings (SSSR count). The number of allylic oxidation sites excluding steroid dienone is 5. The second kappa shape index (κ2) is 7.84. The first kappa shape index (κ1) is 14.6. The second-order valence-electron chi connectivity index (χ2n) is 3.47. The number of alkyl halides is 1. The lowest BCUT2D eigenvalue weighted by Crippen LogP contribution is -1.92. The summed E-state index contributed by atoms with van der Waals surface area (Å²) < 4.78 is 0. The monoisotopic (exact) mass is 242 g/mol. The smallest absolute Gasteiger partial charge is 0.0613 e. The molecular weight excluding hydrogens is 224 g/mol. The van der Waals surface area contributed by atoms with E-state index in [-0.39, 0.29) is 5.38 Å². The van der Waals surface area contributed by atoms with Crippen molar-refractivity contribution in [1.29, 1.82) is 0 Å². The van der Waals surface area contributed by atoms with E-state index in [2.05, 4.69) is 38.5 Å². The first-order valence-electron chi connectivity index (χ1n) is 4.94. The fourth-order valence-electron chi connectivity index (χ4n) is 0.767. The van der Waals surface area contributed by atoms with Crippen LogP contribution < -0.4 is 0 Å². The Morgan fingerprint density at radius 3 is 2.47 bits per heavy atom. The van der Waals surface area contributed by atoms with Gasteiger partial charge in [-0.25, -0.2) is 0 Å². The minimum absolute atomic E-state index is 0.0121. The van der Waals surface area contributed by atoms with Crippen molar-refractivity contribution in [3.8, 4) is 0 Å². The molecule has 0 aromatic carbocycles. The lowest BCUT2D eigenvalue weighted by Gasteiger charge is -2.08. The summed E-state index contributed by atoms with van der Waals surface area (Å²) in [6.07, 6.45) is 5.87. The van der Waals surface area contributed by atoms with E-state index in [0.29, 0.717) is 5.92 Å². The van der Waals surface area contributed by atoms with Crippen molar-refractivity contribution < 1.29 is 0 Å². The molecule has 0 aromatic rings. The minimum Gasteiger partial charge on any atom is -0.118 e. The van der Waals surface area contributed by atoms with Crippen molar-refractivity contribution in [1.82, 2.24) is 0 Å². The number of halogens is 1. The molecule has 2 heteroatoms. The van der Waals surface area contributed by atoms with Gasteiger partial charge in [0.05, 0.1) is 5.38 Å². The van der Waals surface area contributed by atoms with E-state index in [1.807, 2.05) is 13.0 Å². The van der Waals surface area contributed by atoms with Crippen LogP contribution >= 0.6 is 23.4 Å². The molecule has 0 fully saturated rings. The normalized spacial score (nSPS) is 16.4. The Morgan fingerprint density at radius 2 is 2.00 bits per heavy atom. The van der Waals surface area contributed by atoms with Gasteiger partial charge in [0, 0.05) is 0 Å². The van der Waals surface area contributed by atoms with E-state index in [1.54, 1.807) is 17.8 Å². The highest BCUT2D eigenvalue weighted by atomic mass is 35.5. The zero-order valence-corrected chi connectivity index (χ0v) is 11.2. The van der Waals surface area contributed by atoms with Gasteiger partial charge in [0.1, 0.15) is 0 Å². The first-order valence-corrected chi connectivity index (χ1v) is 6.26. The van der Waals surface area contributed by atoms with Gasteiger partial charge in [-0.15, -0.1) is 23.4 Å². The van der Waals surface area contributed by atoms with Crippen LogP contribution in [0.2, 0.25) is 0 Å². The van der Waals surface area contributed by atoms with Crippen LogP contribution in [0.1, 0.15) is 20.8 Å². The minimum atomic E-state index is 0.0121. The maximum atomic E-state index is 5.90. The molecule has 0 radical (unpaired) electrons. The number of hydrogen-bond donors (Lipinski definition) is 0. The zero-order chi connectivity index (χ0) is 11.8. The van der Waals surface area contributed by atoms with Crippen LogP contribution in [0.25, 0.3) is 0 Å². The van der Waals surface area contributed by atoms with Crippen molar-refractivity contribution in [2.24, 2.45) is 5.92 Å². The molecule has 0 nitrogen and oxygen atoms in total. The first-order chi connectivity index (χ1) is 6.99. The Hall–Kier alpha value is -0.400. The average molecular weight is 243 g/mol. The average Bonchev–Trinajstić information content (AvgIpc) is 2.21. The van der Waals surface area contributed by atoms with Gasteiger partial charge in [-0.1, -0.05) is 43.9 Å². The van der Waals surface area contributed by atoms with Crippen LogP contribution in [0.5, 0.6) is 0 Å².